The highest BCUT2D eigenvalue weighted by Crippen LogP contribution is 2.20. The summed E-state index contributed by atoms with van der Waals surface area (Å²) < 4.78 is 0. The molecule has 0 N–H and O–H groups in total. The highest BCUT2D eigenvalue weighted by atomic mass is 32.1. The Bertz CT molecular complexity index is 256. The fourth-order valence-electron chi connectivity index (χ4n) is 0.660. The van der Waals surface area contributed by atoms with Gasteiger partial charge in [0.1, 0.15) is 0 Å². The Balaban J connectivity index is 2.87. The smallest absolute Gasteiger partial charge is 0.0897 e. The van der Waals surface area contributed by atoms with Crippen molar-refractivity contribution in [3.8, 4) is 12.3 Å². The van der Waals surface area contributed by atoms with Crippen molar-refractivity contribution in [2.75, 3.05) is 0 Å². The number of terminal acetylenes is 1. The van der Waals surface area contributed by atoms with E-state index in [-0.39, 0.29) is 5.92 Å². The zero-order valence-corrected chi connectivity index (χ0v) is 6.90. The molecule has 1 heterocycles. The normalized spacial score (nSPS) is 12.5. The third-order valence-corrected chi connectivity index (χ3v) is 2.41. The third kappa shape index (κ3) is 1.37. The van der Waals surface area contributed by atoms with Gasteiger partial charge in [-0.15, -0.1) is 17.8 Å². The van der Waals surface area contributed by atoms with Crippen molar-refractivity contribution in [1.82, 2.24) is 4.98 Å². The molecule has 0 spiro atoms. The van der Waals surface area contributed by atoms with Gasteiger partial charge in [0.2, 0.25) is 0 Å². The van der Waals surface area contributed by atoms with Crippen LogP contribution in [0.1, 0.15) is 22.7 Å². The highest BCUT2D eigenvalue weighted by molar-refractivity contribution is 7.11. The number of hydrogen-bond donors (Lipinski definition) is 0. The van der Waals surface area contributed by atoms with E-state index in [2.05, 4.69) is 10.9 Å². The Morgan fingerprint density at radius 2 is 2.50 bits per heavy atom. The van der Waals surface area contributed by atoms with Crippen LogP contribution in [0.5, 0.6) is 0 Å². The molecule has 1 rings (SSSR count). The van der Waals surface area contributed by atoms with E-state index in [9.17, 15) is 0 Å². The lowest BCUT2D eigenvalue weighted by atomic mass is 10.2. The van der Waals surface area contributed by atoms with Gasteiger partial charge in [0.05, 0.1) is 10.9 Å². The first-order valence-electron chi connectivity index (χ1n) is 3.12. The summed E-state index contributed by atoms with van der Waals surface area (Å²) in [4.78, 5) is 5.29. The van der Waals surface area contributed by atoms with Crippen molar-refractivity contribution in [2.24, 2.45) is 0 Å². The molecule has 0 saturated carbocycles. The van der Waals surface area contributed by atoms with Crippen molar-refractivity contribution >= 4 is 11.3 Å². The molecule has 1 atom stereocenters. The summed E-state index contributed by atoms with van der Waals surface area (Å²) in [5, 5.41) is 1.08. The fourth-order valence-corrected chi connectivity index (χ4v) is 1.46. The first-order valence-corrected chi connectivity index (χ1v) is 3.94. The lowest BCUT2D eigenvalue weighted by Crippen LogP contribution is -1.81. The van der Waals surface area contributed by atoms with E-state index >= 15 is 0 Å². The molecule has 0 amide bonds. The molecule has 1 aromatic heterocycles. The third-order valence-electron chi connectivity index (χ3n) is 1.32. The molecule has 0 aromatic carbocycles. The topological polar surface area (TPSA) is 12.9 Å². The molecular weight excluding hydrogens is 142 g/mol. The summed E-state index contributed by atoms with van der Waals surface area (Å²) in [5.41, 5.74) is 0. The van der Waals surface area contributed by atoms with Crippen molar-refractivity contribution in [3.63, 3.8) is 0 Å². The van der Waals surface area contributed by atoms with E-state index in [1.807, 2.05) is 20.0 Å². The van der Waals surface area contributed by atoms with Gasteiger partial charge in [-0.3, -0.25) is 0 Å². The fraction of sp³-hybridized carbons (Fsp3) is 0.375. The largest absolute Gasteiger partial charge is 0.250 e. The lowest BCUT2D eigenvalue weighted by Gasteiger charge is -1.94. The van der Waals surface area contributed by atoms with E-state index in [1.54, 1.807) is 11.3 Å². The van der Waals surface area contributed by atoms with Gasteiger partial charge in [0.25, 0.3) is 0 Å². The van der Waals surface area contributed by atoms with E-state index in [1.165, 1.54) is 4.88 Å². The second kappa shape index (κ2) is 2.85. The Hall–Kier alpha value is -0.810. The molecule has 10 heavy (non-hydrogen) atoms. The summed E-state index contributed by atoms with van der Waals surface area (Å²) in [5.74, 6) is 2.88. The van der Waals surface area contributed by atoms with Crippen LogP contribution in [0.4, 0.5) is 0 Å². The van der Waals surface area contributed by atoms with E-state index < -0.39 is 0 Å². The van der Waals surface area contributed by atoms with Gasteiger partial charge in [0, 0.05) is 11.1 Å². The molecule has 52 valence electrons. The Morgan fingerprint density at radius 1 is 1.80 bits per heavy atom. The molecule has 1 nitrogen and oxygen atoms in total. The maximum atomic E-state index is 5.24. The van der Waals surface area contributed by atoms with Crippen LogP contribution in [0.3, 0.4) is 0 Å². The second-order valence-electron chi connectivity index (χ2n) is 2.17. The van der Waals surface area contributed by atoms with Gasteiger partial charge in [-0.2, -0.15) is 0 Å². The summed E-state index contributed by atoms with van der Waals surface area (Å²) in [7, 11) is 0. The SMILES string of the molecule is C#C[C@@H](C)c1cnc(C)s1. The predicted molar refractivity (Wildman–Crippen MR) is 44.1 cm³/mol. The molecule has 0 aliphatic rings. The molecule has 0 aliphatic heterocycles. The van der Waals surface area contributed by atoms with Crippen molar-refractivity contribution in [2.45, 2.75) is 19.8 Å². The van der Waals surface area contributed by atoms with Crippen LogP contribution in [0, 0.1) is 19.3 Å². The molecule has 0 fully saturated rings. The van der Waals surface area contributed by atoms with Gasteiger partial charge in [-0.1, -0.05) is 5.92 Å². The first kappa shape index (κ1) is 7.30. The van der Waals surface area contributed by atoms with Crippen LogP contribution in [-0.2, 0) is 0 Å². The monoisotopic (exact) mass is 151 g/mol. The minimum atomic E-state index is 0.214. The van der Waals surface area contributed by atoms with E-state index in [0.29, 0.717) is 0 Å². The molecule has 0 bridgehead atoms. The average molecular weight is 151 g/mol. The molecule has 0 aliphatic carbocycles. The second-order valence-corrected chi connectivity index (χ2v) is 3.44. The molecule has 0 saturated heterocycles. The summed E-state index contributed by atoms with van der Waals surface area (Å²) in [6, 6.07) is 0. The summed E-state index contributed by atoms with van der Waals surface area (Å²) >= 11 is 1.67. The zero-order chi connectivity index (χ0) is 7.56. The molecule has 0 unspecified atom stereocenters. The standard InChI is InChI=1S/C8H9NS/c1-4-6(2)8-5-9-7(3)10-8/h1,5-6H,2-3H3/t6-/m1/s1. The number of nitrogens with zero attached hydrogens (tertiary/aromatic N) is 1. The maximum Gasteiger partial charge on any atom is 0.0897 e. The van der Waals surface area contributed by atoms with Crippen LogP contribution < -0.4 is 0 Å². The van der Waals surface area contributed by atoms with Gasteiger partial charge < -0.3 is 0 Å². The van der Waals surface area contributed by atoms with Crippen molar-refractivity contribution in [3.05, 3.63) is 16.1 Å². The lowest BCUT2D eigenvalue weighted by molar-refractivity contribution is 1.03. The number of aromatic nitrogens is 1. The number of aryl methyl sites for hydroxylation is 1. The van der Waals surface area contributed by atoms with Crippen LogP contribution >= 0.6 is 11.3 Å². The summed E-state index contributed by atoms with van der Waals surface area (Å²) in [6.45, 7) is 3.99. The highest BCUT2D eigenvalue weighted by Gasteiger charge is 2.03. The number of thiazole rings is 1. The van der Waals surface area contributed by atoms with Gasteiger partial charge in [0.15, 0.2) is 0 Å². The van der Waals surface area contributed by atoms with Crippen molar-refractivity contribution in [1.29, 1.82) is 0 Å². The van der Waals surface area contributed by atoms with Gasteiger partial charge in [-0.05, 0) is 13.8 Å². The maximum absolute atomic E-state index is 5.24. The Morgan fingerprint density at radius 3 is 2.90 bits per heavy atom. The zero-order valence-electron chi connectivity index (χ0n) is 6.09. The van der Waals surface area contributed by atoms with Gasteiger partial charge in [-0.25, -0.2) is 4.98 Å². The van der Waals surface area contributed by atoms with Crippen LogP contribution in [0.2, 0.25) is 0 Å². The number of hydrogen-bond acceptors (Lipinski definition) is 2. The quantitative estimate of drug-likeness (QED) is 0.561. The van der Waals surface area contributed by atoms with Crippen molar-refractivity contribution < 1.29 is 0 Å². The average Bonchev–Trinajstić information content (AvgIpc) is 2.34. The van der Waals surface area contributed by atoms with E-state index in [0.717, 1.165) is 5.01 Å². The molecule has 0 radical (unpaired) electrons. The molecular formula is C8H9NS. The van der Waals surface area contributed by atoms with Crippen LogP contribution in [0.25, 0.3) is 0 Å². The Kier molecular flexibility index (Phi) is 2.08. The minimum absolute atomic E-state index is 0.214. The number of rotatable bonds is 1. The minimum Gasteiger partial charge on any atom is -0.250 e. The van der Waals surface area contributed by atoms with Gasteiger partial charge >= 0.3 is 0 Å². The van der Waals surface area contributed by atoms with Crippen LogP contribution in [-0.4, -0.2) is 4.98 Å². The summed E-state index contributed by atoms with van der Waals surface area (Å²) in [6.07, 6.45) is 7.09. The Labute approximate surface area is 65.1 Å². The van der Waals surface area contributed by atoms with E-state index in [4.69, 9.17) is 6.42 Å². The molecule has 2 heteroatoms. The first-order chi connectivity index (χ1) is 4.74. The molecule has 1 aromatic rings. The van der Waals surface area contributed by atoms with Crippen LogP contribution in [0.15, 0.2) is 6.20 Å². The predicted octanol–water partition coefficient (Wildman–Crippen LogP) is 2.19.